The second-order valence-electron chi connectivity index (χ2n) is 5.98. The number of nitrogens with one attached hydrogen (secondary N) is 1. The fraction of sp³-hybridized carbons (Fsp3) is 0.571. The van der Waals surface area contributed by atoms with Crippen LogP contribution in [0.15, 0.2) is 18.3 Å². The van der Waals surface area contributed by atoms with E-state index in [9.17, 15) is 9.18 Å². The van der Waals surface area contributed by atoms with Gasteiger partial charge in [-0.15, -0.1) is 0 Å². The second kappa shape index (κ2) is 5.15. The Morgan fingerprint density at radius 3 is 2.89 bits per heavy atom. The molecule has 0 bridgehead atoms. The van der Waals surface area contributed by atoms with E-state index in [1.54, 1.807) is 12.3 Å². The normalized spacial score (nSPS) is 19.6. The molecule has 1 aliphatic rings. The summed E-state index contributed by atoms with van der Waals surface area (Å²) in [5.74, 6) is -0.0556. The monoisotopic (exact) mass is 265 g/mol. The Morgan fingerprint density at radius 2 is 2.26 bits per heavy atom. The van der Waals surface area contributed by atoms with Crippen molar-refractivity contribution in [3.63, 3.8) is 0 Å². The molecular formula is C14H20FN3O. The van der Waals surface area contributed by atoms with Crippen molar-refractivity contribution in [2.24, 2.45) is 5.92 Å². The standard InChI is InChI=1S/C14H20FN3O/c1-14(2,3)17-13(19)10-6-8-18(9-10)12-11(15)5-4-7-16-12/h4-5,7,10H,6,8-9H2,1-3H3,(H,17,19). The van der Waals surface area contributed by atoms with Gasteiger partial charge in [0, 0.05) is 24.8 Å². The van der Waals surface area contributed by atoms with Crippen LogP contribution in [0.2, 0.25) is 0 Å². The fourth-order valence-corrected chi connectivity index (χ4v) is 2.25. The topological polar surface area (TPSA) is 45.2 Å². The highest BCUT2D eigenvalue weighted by Gasteiger charge is 2.31. The predicted octanol–water partition coefficient (Wildman–Crippen LogP) is 1.96. The third-order valence-electron chi connectivity index (χ3n) is 3.10. The lowest BCUT2D eigenvalue weighted by Gasteiger charge is -2.23. The van der Waals surface area contributed by atoms with Gasteiger partial charge >= 0.3 is 0 Å². The molecule has 1 aromatic rings. The average Bonchev–Trinajstić information content (AvgIpc) is 2.76. The Morgan fingerprint density at radius 1 is 1.53 bits per heavy atom. The van der Waals surface area contributed by atoms with Crippen LogP contribution in [0.5, 0.6) is 0 Å². The van der Waals surface area contributed by atoms with Crippen LogP contribution in [0, 0.1) is 11.7 Å². The lowest BCUT2D eigenvalue weighted by Crippen LogP contribution is -2.44. The highest BCUT2D eigenvalue weighted by molar-refractivity contribution is 5.80. The molecule has 1 saturated heterocycles. The maximum Gasteiger partial charge on any atom is 0.225 e. The van der Waals surface area contributed by atoms with Crippen molar-refractivity contribution in [1.29, 1.82) is 0 Å². The Labute approximate surface area is 113 Å². The first-order valence-corrected chi connectivity index (χ1v) is 6.54. The number of amides is 1. The number of nitrogens with zero attached hydrogens (tertiary/aromatic N) is 2. The van der Waals surface area contributed by atoms with Gasteiger partial charge in [0.05, 0.1) is 5.92 Å². The van der Waals surface area contributed by atoms with Gasteiger partial charge in [-0.25, -0.2) is 9.37 Å². The van der Waals surface area contributed by atoms with Gasteiger partial charge in [-0.2, -0.15) is 0 Å². The van der Waals surface area contributed by atoms with E-state index in [0.717, 1.165) is 6.42 Å². The zero-order valence-corrected chi connectivity index (χ0v) is 11.6. The van der Waals surface area contributed by atoms with Gasteiger partial charge in [0.15, 0.2) is 11.6 Å². The van der Waals surface area contributed by atoms with E-state index in [-0.39, 0.29) is 23.2 Å². The molecule has 1 atom stereocenters. The maximum absolute atomic E-state index is 13.6. The molecule has 19 heavy (non-hydrogen) atoms. The molecule has 4 nitrogen and oxygen atoms in total. The highest BCUT2D eigenvalue weighted by Crippen LogP contribution is 2.24. The Bertz CT molecular complexity index is 470. The van der Waals surface area contributed by atoms with Crippen LogP contribution >= 0.6 is 0 Å². The summed E-state index contributed by atoms with van der Waals surface area (Å²) >= 11 is 0. The van der Waals surface area contributed by atoms with Crippen molar-refractivity contribution >= 4 is 11.7 Å². The number of pyridine rings is 1. The average molecular weight is 265 g/mol. The number of hydrogen-bond donors (Lipinski definition) is 1. The predicted molar refractivity (Wildman–Crippen MR) is 72.4 cm³/mol. The number of halogens is 1. The van der Waals surface area contributed by atoms with E-state index in [4.69, 9.17) is 0 Å². The van der Waals surface area contributed by atoms with Crippen molar-refractivity contribution in [2.45, 2.75) is 32.7 Å². The maximum atomic E-state index is 13.6. The van der Waals surface area contributed by atoms with E-state index >= 15 is 0 Å². The first-order chi connectivity index (χ1) is 8.87. The first kappa shape index (κ1) is 13.8. The SMILES string of the molecule is CC(C)(C)NC(=O)C1CCN(c2ncccc2F)C1. The molecule has 1 aromatic heterocycles. The fourth-order valence-electron chi connectivity index (χ4n) is 2.25. The molecule has 1 N–H and O–H groups in total. The minimum absolute atomic E-state index is 0.0336. The van der Waals surface area contributed by atoms with Gasteiger partial charge in [0.25, 0.3) is 0 Å². The smallest absolute Gasteiger partial charge is 0.225 e. The van der Waals surface area contributed by atoms with Gasteiger partial charge in [-0.3, -0.25) is 4.79 Å². The van der Waals surface area contributed by atoms with Crippen LogP contribution in [0.1, 0.15) is 27.2 Å². The Hall–Kier alpha value is -1.65. The summed E-state index contributed by atoms with van der Waals surface area (Å²) in [5.41, 5.74) is -0.235. The summed E-state index contributed by atoms with van der Waals surface area (Å²) in [7, 11) is 0. The molecule has 0 spiro atoms. The zero-order chi connectivity index (χ0) is 14.0. The van der Waals surface area contributed by atoms with E-state index in [2.05, 4.69) is 10.3 Å². The van der Waals surface area contributed by atoms with E-state index in [1.807, 2.05) is 25.7 Å². The molecule has 0 aromatic carbocycles. The number of anilines is 1. The Balaban J connectivity index is 2.01. The van der Waals surface area contributed by atoms with Gasteiger partial charge < -0.3 is 10.2 Å². The third kappa shape index (κ3) is 3.43. The molecule has 104 valence electrons. The van der Waals surface area contributed by atoms with Crippen molar-refractivity contribution in [2.75, 3.05) is 18.0 Å². The summed E-state index contributed by atoms with van der Waals surface area (Å²) in [6, 6.07) is 2.96. The summed E-state index contributed by atoms with van der Waals surface area (Å²) in [4.78, 5) is 18.0. The quantitative estimate of drug-likeness (QED) is 0.889. The molecule has 0 aliphatic carbocycles. The van der Waals surface area contributed by atoms with E-state index < -0.39 is 0 Å². The van der Waals surface area contributed by atoms with Crippen molar-refractivity contribution in [3.05, 3.63) is 24.1 Å². The van der Waals surface area contributed by atoms with Gasteiger partial charge in [0.2, 0.25) is 5.91 Å². The number of carbonyl (C=O) groups is 1. The molecule has 2 rings (SSSR count). The van der Waals surface area contributed by atoms with Gasteiger partial charge in [-0.05, 0) is 39.3 Å². The zero-order valence-electron chi connectivity index (χ0n) is 11.6. The number of aromatic nitrogens is 1. The van der Waals surface area contributed by atoms with Crippen molar-refractivity contribution < 1.29 is 9.18 Å². The van der Waals surface area contributed by atoms with Crippen molar-refractivity contribution in [3.8, 4) is 0 Å². The van der Waals surface area contributed by atoms with Crippen molar-refractivity contribution in [1.82, 2.24) is 10.3 Å². The minimum atomic E-state index is -0.334. The summed E-state index contributed by atoms with van der Waals surface area (Å²) < 4.78 is 13.6. The van der Waals surface area contributed by atoms with Crippen LogP contribution in [-0.2, 0) is 4.79 Å². The summed E-state index contributed by atoms with van der Waals surface area (Å²) in [6.45, 7) is 7.05. The molecule has 1 fully saturated rings. The lowest BCUT2D eigenvalue weighted by atomic mass is 10.0. The van der Waals surface area contributed by atoms with E-state index in [0.29, 0.717) is 18.9 Å². The van der Waals surface area contributed by atoms with Crippen LogP contribution in [0.4, 0.5) is 10.2 Å². The van der Waals surface area contributed by atoms with Gasteiger partial charge in [-0.1, -0.05) is 0 Å². The molecule has 1 aliphatic heterocycles. The molecule has 0 saturated carbocycles. The highest BCUT2D eigenvalue weighted by atomic mass is 19.1. The molecular weight excluding hydrogens is 245 g/mol. The Kier molecular flexibility index (Phi) is 3.73. The molecule has 5 heteroatoms. The largest absolute Gasteiger partial charge is 0.353 e. The molecule has 1 unspecified atom stereocenters. The lowest BCUT2D eigenvalue weighted by molar-refractivity contribution is -0.125. The first-order valence-electron chi connectivity index (χ1n) is 6.54. The molecule has 2 heterocycles. The van der Waals surface area contributed by atoms with E-state index in [1.165, 1.54) is 6.07 Å². The molecule has 1 amide bonds. The molecule has 0 radical (unpaired) electrons. The minimum Gasteiger partial charge on any atom is -0.353 e. The van der Waals surface area contributed by atoms with Crippen LogP contribution in [0.25, 0.3) is 0 Å². The third-order valence-corrected chi connectivity index (χ3v) is 3.10. The van der Waals surface area contributed by atoms with Crippen LogP contribution in [0.3, 0.4) is 0 Å². The van der Waals surface area contributed by atoms with Gasteiger partial charge in [0.1, 0.15) is 0 Å². The summed E-state index contributed by atoms with van der Waals surface area (Å²) in [5, 5.41) is 2.97. The number of hydrogen-bond acceptors (Lipinski definition) is 3. The second-order valence-corrected chi connectivity index (χ2v) is 5.98. The number of rotatable bonds is 2. The van der Waals surface area contributed by atoms with Crippen LogP contribution in [-0.4, -0.2) is 29.5 Å². The van der Waals surface area contributed by atoms with Crippen LogP contribution < -0.4 is 10.2 Å². The number of carbonyl (C=O) groups excluding carboxylic acids is 1. The summed E-state index contributed by atoms with van der Waals surface area (Å²) in [6.07, 6.45) is 2.30.